The van der Waals surface area contributed by atoms with Crippen LogP contribution in [0.4, 0.5) is 16.2 Å². The Morgan fingerprint density at radius 3 is 1.38 bits per heavy atom. The molecule has 0 aliphatic rings. The van der Waals surface area contributed by atoms with E-state index < -0.39 is 6.09 Å². The first-order chi connectivity index (χ1) is 32.6. The molecule has 2 heterocycles. The molecule has 0 atom stereocenters. The molecule has 0 aliphatic heterocycles. The number of nitrogens with two attached hydrogens (primary N) is 1. The fourth-order valence-electron chi connectivity index (χ4n) is 6.28. The van der Waals surface area contributed by atoms with Gasteiger partial charge in [0.15, 0.2) is 34.5 Å². The number of nitrogens with one attached hydrogen (secondary N) is 1. The summed E-state index contributed by atoms with van der Waals surface area (Å²) in [5.41, 5.74) is 11.4. The van der Waals surface area contributed by atoms with Crippen LogP contribution in [0.15, 0.2) is 82.1 Å². The van der Waals surface area contributed by atoms with Crippen molar-refractivity contribution in [1.29, 1.82) is 0 Å². The van der Waals surface area contributed by atoms with Crippen molar-refractivity contribution in [2.45, 2.75) is 0 Å². The Morgan fingerprint density at radius 1 is 0.544 bits per heavy atom. The highest BCUT2D eigenvalue weighted by Gasteiger charge is 2.22. The molecular formula is C47H59ClN4O16. The average Bonchev–Trinajstić information content (AvgIpc) is 4.06. The molecule has 4 N–H and O–H groups in total. The zero-order valence-corrected chi connectivity index (χ0v) is 40.4. The van der Waals surface area contributed by atoms with Crippen LogP contribution in [0.3, 0.4) is 0 Å². The minimum absolute atomic E-state index is 0. The largest absolute Gasteiger partial charge is 0.495 e. The summed E-state index contributed by atoms with van der Waals surface area (Å²) in [4.78, 5) is 12.3. The first-order valence-electron chi connectivity index (χ1n) is 20.3. The molecule has 0 saturated carbocycles. The van der Waals surface area contributed by atoms with Gasteiger partial charge in [-0.2, -0.15) is 0 Å². The Labute approximate surface area is 400 Å². The van der Waals surface area contributed by atoms with E-state index >= 15 is 0 Å². The van der Waals surface area contributed by atoms with E-state index in [0.29, 0.717) is 99.8 Å². The number of aromatic nitrogens is 2. The van der Waals surface area contributed by atoms with E-state index in [1.54, 1.807) is 97.5 Å². The number of anilines is 2. The normalized spacial score (nSPS) is 10.2. The average molecular weight is 971 g/mol. The fourth-order valence-corrected chi connectivity index (χ4v) is 6.28. The molecule has 68 heavy (non-hydrogen) atoms. The topological polar surface area (TPSA) is 238 Å². The van der Waals surface area contributed by atoms with E-state index in [1.807, 2.05) is 18.2 Å². The van der Waals surface area contributed by atoms with Gasteiger partial charge < -0.3 is 76.7 Å². The van der Waals surface area contributed by atoms with Crippen LogP contribution in [0.1, 0.15) is 0 Å². The Hall–Kier alpha value is -7.10. The molecule has 0 unspecified atom stereocenters. The summed E-state index contributed by atoms with van der Waals surface area (Å²) in [6, 6.07) is 17.9. The summed E-state index contributed by atoms with van der Waals surface area (Å²) in [6.45, 7) is 1.80. The molecule has 6 rings (SSSR count). The standard InChI is InChI=1S/C25H30N2O9.C19H20N2O5.C3H8O2.ClH/c1-29-8-9-34-10-11-35-25(28)27-19-12-16(6-7-20(19)30-2)18-15-26-36-23(18)17-13-21(31-3)24(33-5)22(14-17)32-4;1-22-15-6-5-11(7-14(15)20)13-10-21-26-18(13)12-8-16(23-2)19(25-4)17(9-12)24-3;1-5-3-2-4;/h6-7,12-15H,8-11H2,1-5H3,(H,27,28);5-10H,20H2,1-4H3;4H,2-3H2,1H3;1H. The maximum atomic E-state index is 12.3. The molecule has 21 heteroatoms. The van der Waals surface area contributed by atoms with E-state index in [4.69, 9.17) is 72.0 Å². The van der Waals surface area contributed by atoms with Crippen LogP contribution in [0.5, 0.6) is 46.0 Å². The number of aliphatic hydroxyl groups excluding tert-OH is 1. The number of rotatable bonds is 21. The highest BCUT2D eigenvalue weighted by molar-refractivity contribution is 5.90. The number of hydrogen-bond donors (Lipinski definition) is 3. The third-order valence-electron chi connectivity index (χ3n) is 9.47. The summed E-state index contributed by atoms with van der Waals surface area (Å²) in [6.07, 6.45) is 2.58. The zero-order chi connectivity index (χ0) is 48.7. The van der Waals surface area contributed by atoms with Gasteiger partial charge in [-0.1, -0.05) is 22.4 Å². The molecule has 4 aromatic carbocycles. The lowest BCUT2D eigenvalue weighted by atomic mass is 10.0. The third-order valence-corrected chi connectivity index (χ3v) is 9.47. The van der Waals surface area contributed by atoms with Crippen LogP contribution in [0.25, 0.3) is 44.9 Å². The Kier molecular flexibility index (Phi) is 23.4. The number of carbonyl (C=O) groups is 1. The van der Waals surface area contributed by atoms with Crippen molar-refractivity contribution < 1.29 is 75.8 Å². The molecule has 370 valence electrons. The predicted octanol–water partition coefficient (Wildman–Crippen LogP) is 7.93. The van der Waals surface area contributed by atoms with Gasteiger partial charge >= 0.3 is 6.09 Å². The molecule has 1 amide bonds. The number of hydrogen-bond acceptors (Lipinski definition) is 19. The summed E-state index contributed by atoms with van der Waals surface area (Å²) in [5.74, 6) is 5.07. The number of nitrogens with zero attached hydrogens (tertiary/aromatic N) is 2. The van der Waals surface area contributed by atoms with Crippen molar-refractivity contribution >= 4 is 29.9 Å². The van der Waals surface area contributed by atoms with E-state index in [0.717, 1.165) is 22.3 Å². The molecule has 0 fully saturated rings. The number of ether oxygens (including phenoxy) is 12. The minimum Gasteiger partial charge on any atom is -0.495 e. The molecule has 0 radical (unpaired) electrons. The van der Waals surface area contributed by atoms with Gasteiger partial charge in [-0.05, 0) is 59.7 Å². The summed E-state index contributed by atoms with van der Waals surface area (Å²) in [7, 11) is 15.5. The van der Waals surface area contributed by atoms with Gasteiger partial charge in [0.05, 0.1) is 114 Å². The molecule has 0 spiro atoms. The summed E-state index contributed by atoms with van der Waals surface area (Å²) < 4.78 is 74.0. The van der Waals surface area contributed by atoms with Gasteiger partial charge in [0.1, 0.15) is 18.1 Å². The van der Waals surface area contributed by atoms with Crippen molar-refractivity contribution in [3.8, 4) is 90.9 Å². The SMILES string of the molecule is COCCO.COCCOCCOC(=O)Nc1cc(-c2cnoc2-c2cc(OC)c(OC)c(OC)c2)ccc1OC.COc1ccc(-c2cnoc2-c2cc(OC)c(OC)c(OC)c2)cc1N.Cl. The fraction of sp³-hybridized carbons (Fsp3) is 0.340. The highest BCUT2D eigenvalue weighted by atomic mass is 35.5. The maximum Gasteiger partial charge on any atom is 0.411 e. The number of aliphatic hydroxyl groups is 1. The van der Waals surface area contributed by atoms with Crippen LogP contribution in [-0.2, 0) is 18.9 Å². The maximum absolute atomic E-state index is 12.3. The lowest BCUT2D eigenvalue weighted by Crippen LogP contribution is -2.18. The first kappa shape index (κ1) is 55.2. The molecule has 6 aromatic rings. The van der Waals surface area contributed by atoms with Gasteiger partial charge in [0.25, 0.3) is 0 Å². The van der Waals surface area contributed by atoms with Gasteiger partial charge in [0.2, 0.25) is 11.5 Å². The second kappa shape index (κ2) is 28.8. The van der Waals surface area contributed by atoms with Crippen molar-refractivity contribution in [2.75, 3.05) is 122 Å². The van der Waals surface area contributed by atoms with E-state index in [2.05, 4.69) is 20.4 Å². The Balaban J connectivity index is 0.000000336. The van der Waals surface area contributed by atoms with Crippen molar-refractivity contribution in [1.82, 2.24) is 10.3 Å². The molecule has 2 aromatic heterocycles. The quantitative estimate of drug-likeness (QED) is 0.0458. The lowest BCUT2D eigenvalue weighted by Gasteiger charge is -2.14. The van der Waals surface area contributed by atoms with E-state index in [-0.39, 0.29) is 32.2 Å². The van der Waals surface area contributed by atoms with Gasteiger partial charge in [-0.15, -0.1) is 12.4 Å². The van der Waals surface area contributed by atoms with Crippen molar-refractivity contribution in [3.05, 3.63) is 73.1 Å². The van der Waals surface area contributed by atoms with Crippen LogP contribution >= 0.6 is 12.4 Å². The number of benzene rings is 4. The number of carbonyl (C=O) groups excluding carboxylic acids is 1. The molecule has 0 saturated heterocycles. The Morgan fingerprint density at radius 2 is 0.985 bits per heavy atom. The monoisotopic (exact) mass is 970 g/mol. The summed E-state index contributed by atoms with van der Waals surface area (Å²) >= 11 is 0. The van der Waals surface area contributed by atoms with Gasteiger partial charge in [0, 0.05) is 36.5 Å². The van der Waals surface area contributed by atoms with Crippen molar-refractivity contribution in [3.63, 3.8) is 0 Å². The van der Waals surface area contributed by atoms with Gasteiger partial charge in [-0.25, -0.2) is 4.79 Å². The van der Waals surface area contributed by atoms with Gasteiger partial charge in [-0.3, -0.25) is 5.32 Å². The lowest BCUT2D eigenvalue weighted by molar-refractivity contribution is 0.0447. The first-order valence-corrected chi connectivity index (χ1v) is 20.3. The number of nitrogen functional groups attached to an aromatic ring is 1. The summed E-state index contributed by atoms with van der Waals surface area (Å²) in [5, 5.41) is 18.6. The van der Waals surface area contributed by atoms with E-state index in [1.165, 1.54) is 28.4 Å². The predicted molar refractivity (Wildman–Crippen MR) is 255 cm³/mol. The third kappa shape index (κ3) is 14.4. The van der Waals surface area contributed by atoms with Crippen LogP contribution in [0, 0.1) is 0 Å². The molecule has 0 bridgehead atoms. The Bertz CT molecular complexity index is 2410. The molecule has 0 aliphatic carbocycles. The number of amides is 1. The highest BCUT2D eigenvalue weighted by Crippen LogP contribution is 2.45. The second-order valence-corrected chi connectivity index (χ2v) is 13.4. The van der Waals surface area contributed by atoms with Crippen molar-refractivity contribution in [2.24, 2.45) is 0 Å². The second-order valence-electron chi connectivity index (χ2n) is 13.4. The van der Waals surface area contributed by atoms with Crippen LogP contribution < -0.4 is 48.9 Å². The molecule has 20 nitrogen and oxygen atoms in total. The smallest absolute Gasteiger partial charge is 0.411 e. The van der Waals surface area contributed by atoms with E-state index in [9.17, 15) is 4.79 Å². The number of methoxy groups -OCH3 is 10. The molecular weight excluding hydrogens is 912 g/mol. The number of halogens is 1. The minimum atomic E-state index is -0.643. The zero-order valence-electron chi connectivity index (χ0n) is 39.6. The van der Waals surface area contributed by atoms with Crippen LogP contribution in [0.2, 0.25) is 0 Å². The van der Waals surface area contributed by atoms with Crippen LogP contribution in [-0.4, -0.2) is 132 Å².